The number of esters is 4. The van der Waals surface area contributed by atoms with Crippen LogP contribution in [0.3, 0.4) is 0 Å². The van der Waals surface area contributed by atoms with Gasteiger partial charge in [-0.2, -0.15) is 0 Å². The van der Waals surface area contributed by atoms with E-state index in [9.17, 15) is 19.2 Å². The number of hydrogen-bond donors (Lipinski definition) is 2. The number of benzene rings is 3. The lowest BCUT2D eigenvalue weighted by molar-refractivity contribution is 0.0425. The molecular weight excluding hydrogens is 388 g/mol. The van der Waals surface area contributed by atoms with Gasteiger partial charge >= 0.3 is 23.9 Å². The number of carbonyl (C=O) groups excluding carboxylic acids is 4. The maximum Gasteiger partial charge on any atom is 0.346 e. The van der Waals surface area contributed by atoms with Gasteiger partial charge in [0, 0.05) is 11.4 Å². The number of fused-ring (bicyclic) bond motifs is 2. The van der Waals surface area contributed by atoms with Crippen molar-refractivity contribution in [1.29, 1.82) is 0 Å². The Labute approximate surface area is 170 Å². The summed E-state index contributed by atoms with van der Waals surface area (Å²) in [6.07, 6.45) is 0. The van der Waals surface area contributed by atoms with Crippen molar-refractivity contribution in [3.8, 4) is 11.1 Å². The number of nitrogen functional groups attached to an aromatic ring is 2. The molecule has 5 rings (SSSR count). The number of carbonyl (C=O) groups is 4. The fourth-order valence-corrected chi connectivity index (χ4v) is 3.03. The van der Waals surface area contributed by atoms with E-state index in [1.165, 1.54) is 24.3 Å². The second kappa shape index (κ2) is 7.17. The third-order valence-electron chi connectivity index (χ3n) is 4.56. The van der Waals surface area contributed by atoms with Gasteiger partial charge in [-0.15, -0.1) is 0 Å². The summed E-state index contributed by atoms with van der Waals surface area (Å²) >= 11 is 0. The highest BCUT2D eigenvalue weighted by Crippen LogP contribution is 2.30. The summed E-state index contributed by atoms with van der Waals surface area (Å²) < 4.78 is 9.06. The quantitative estimate of drug-likeness (QED) is 0.360. The Hall–Kier alpha value is -4.46. The highest BCUT2D eigenvalue weighted by molar-refractivity contribution is 6.16. The molecule has 3 aromatic carbocycles. The first-order chi connectivity index (χ1) is 14.3. The molecule has 0 bridgehead atoms. The van der Waals surface area contributed by atoms with E-state index in [0.29, 0.717) is 11.1 Å². The molecule has 2 aliphatic rings. The van der Waals surface area contributed by atoms with Gasteiger partial charge in [0.15, 0.2) is 0 Å². The molecule has 0 spiro atoms. The topological polar surface area (TPSA) is 139 Å². The van der Waals surface area contributed by atoms with Gasteiger partial charge in [0.1, 0.15) is 0 Å². The molecule has 4 N–H and O–H groups in total. The highest BCUT2D eigenvalue weighted by Gasteiger charge is 2.31. The largest absolute Gasteiger partial charge is 0.399 e. The summed E-state index contributed by atoms with van der Waals surface area (Å²) in [5.74, 6) is -2.74. The Balaban J connectivity index is 0.000000230. The maximum atomic E-state index is 11.6. The molecule has 0 fully saturated rings. The van der Waals surface area contributed by atoms with Crippen LogP contribution in [-0.2, 0) is 9.47 Å². The zero-order valence-corrected chi connectivity index (χ0v) is 15.4. The Morgan fingerprint density at radius 1 is 0.467 bits per heavy atom. The van der Waals surface area contributed by atoms with E-state index in [2.05, 4.69) is 9.47 Å². The lowest BCUT2D eigenvalue weighted by atomic mass is 9.97. The maximum absolute atomic E-state index is 11.6. The second-order valence-corrected chi connectivity index (χ2v) is 6.54. The molecule has 0 amide bonds. The van der Waals surface area contributed by atoms with Gasteiger partial charge in [-0.1, -0.05) is 12.1 Å². The van der Waals surface area contributed by atoms with E-state index >= 15 is 0 Å². The molecule has 148 valence electrons. The summed E-state index contributed by atoms with van der Waals surface area (Å²) in [6, 6.07) is 16.4. The predicted molar refractivity (Wildman–Crippen MR) is 107 cm³/mol. The van der Waals surface area contributed by atoms with Crippen molar-refractivity contribution < 1.29 is 28.7 Å². The van der Waals surface area contributed by atoms with Gasteiger partial charge in [-0.05, 0) is 59.7 Å². The van der Waals surface area contributed by atoms with Crippen molar-refractivity contribution in [3.05, 3.63) is 82.9 Å². The van der Waals surface area contributed by atoms with E-state index in [1.807, 2.05) is 0 Å². The average molecular weight is 402 g/mol. The first-order valence-electron chi connectivity index (χ1n) is 8.76. The molecule has 8 heteroatoms. The first kappa shape index (κ1) is 18.9. The smallest absolute Gasteiger partial charge is 0.346 e. The SMILES string of the molecule is Nc1ccc(N)cc1.O=C1OC(=O)c2cc(-c3ccc4c(c3)C(=O)OC4=O)ccc21. The van der Waals surface area contributed by atoms with Crippen molar-refractivity contribution >= 4 is 35.3 Å². The van der Waals surface area contributed by atoms with Crippen LogP contribution in [0.1, 0.15) is 41.4 Å². The average Bonchev–Trinajstić information content (AvgIpc) is 3.19. The molecule has 0 aliphatic carbocycles. The van der Waals surface area contributed by atoms with Crippen LogP contribution >= 0.6 is 0 Å². The highest BCUT2D eigenvalue weighted by atomic mass is 16.6. The predicted octanol–water partition coefficient (Wildman–Crippen LogP) is 2.83. The first-order valence-corrected chi connectivity index (χ1v) is 8.76. The number of rotatable bonds is 1. The molecule has 0 unspecified atom stereocenters. The molecule has 0 saturated carbocycles. The van der Waals surface area contributed by atoms with Gasteiger partial charge in [-0.25, -0.2) is 19.2 Å². The number of anilines is 2. The summed E-state index contributed by atoms with van der Waals surface area (Å²) in [5, 5.41) is 0. The van der Waals surface area contributed by atoms with Gasteiger partial charge in [0.25, 0.3) is 0 Å². The minimum Gasteiger partial charge on any atom is -0.399 e. The zero-order chi connectivity index (χ0) is 21.4. The second-order valence-electron chi connectivity index (χ2n) is 6.54. The van der Waals surface area contributed by atoms with E-state index in [-0.39, 0.29) is 22.3 Å². The minimum atomic E-state index is -0.697. The molecule has 8 nitrogen and oxygen atoms in total. The van der Waals surface area contributed by atoms with Crippen molar-refractivity contribution in [2.45, 2.75) is 0 Å². The summed E-state index contributed by atoms with van der Waals surface area (Å²) in [5.41, 5.74) is 14.3. The molecule has 30 heavy (non-hydrogen) atoms. The van der Waals surface area contributed by atoms with E-state index < -0.39 is 23.9 Å². The number of cyclic esters (lactones) is 4. The molecule has 0 saturated heterocycles. The zero-order valence-electron chi connectivity index (χ0n) is 15.4. The molecule has 2 heterocycles. The van der Waals surface area contributed by atoms with Crippen LogP contribution in [0.2, 0.25) is 0 Å². The summed E-state index contributed by atoms with van der Waals surface area (Å²) in [6.45, 7) is 0. The van der Waals surface area contributed by atoms with E-state index in [0.717, 1.165) is 11.4 Å². The lowest BCUT2D eigenvalue weighted by Crippen LogP contribution is -1.97. The summed E-state index contributed by atoms with van der Waals surface area (Å²) in [7, 11) is 0. The Morgan fingerprint density at radius 2 is 0.800 bits per heavy atom. The van der Waals surface area contributed by atoms with Crippen LogP contribution in [0.25, 0.3) is 11.1 Å². The van der Waals surface area contributed by atoms with Crippen molar-refractivity contribution in [1.82, 2.24) is 0 Å². The Morgan fingerprint density at radius 3 is 1.17 bits per heavy atom. The van der Waals surface area contributed by atoms with Gasteiger partial charge in [-0.3, -0.25) is 0 Å². The minimum absolute atomic E-state index is 0.182. The van der Waals surface area contributed by atoms with Gasteiger partial charge < -0.3 is 20.9 Å². The van der Waals surface area contributed by atoms with Gasteiger partial charge in [0.05, 0.1) is 22.3 Å². The molecule has 2 aliphatic heterocycles. The molecule has 0 atom stereocenters. The van der Waals surface area contributed by atoms with E-state index in [1.54, 1.807) is 36.4 Å². The van der Waals surface area contributed by atoms with Crippen molar-refractivity contribution in [2.75, 3.05) is 11.5 Å². The fourth-order valence-electron chi connectivity index (χ4n) is 3.03. The number of nitrogens with two attached hydrogens (primary N) is 2. The van der Waals surface area contributed by atoms with Crippen LogP contribution < -0.4 is 11.5 Å². The molecule has 0 radical (unpaired) electrons. The van der Waals surface area contributed by atoms with Crippen molar-refractivity contribution in [2.24, 2.45) is 0 Å². The Kier molecular flexibility index (Phi) is 4.51. The van der Waals surface area contributed by atoms with Crippen molar-refractivity contribution in [3.63, 3.8) is 0 Å². The van der Waals surface area contributed by atoms with E-state index in [4.69, 9.17) is 11.5 Å². The third kappa shape index (κ3) is 3.37. The summed E-state index contributed by atoms with van der Waals surface area (Å²) in [4.78, 5) is 46.0. The van der Waals surface area contributed by atoms with Gasteiger partial charge in [0.2, 0.25) is 0 Å². The molecule has 3 aromatic rings. The fraction of sp³-hybridized carbons (Fsp3) is 0. The molecular formula is C22H14N2O6. The number of hydrogen-bond acceptors (Lipinski definition) is 8. The number of ether oxygens (including phenoxy) is 2. The van der Waals surface area contributed by atoms with Crippen LogP contribution in [0, 0.1) is 0 Å². The van der Waals surface area contributed by atoms with Crippen LogP contribution in [0.15, 0.2) is 60.7 Å². The lowest BCUT2D eigenvalue weighted by Gasteiger charge is -2.04. The monoisotopic (exact) mass is 402 g/mol. The standard InChI is InChI=1S/C16H6O6.C6H8N2/c17-13-9-3-1-7(5-11(9)15(19)21-13)8-2-4-10-12(6-8)16(20)22-14(10)18;7-5-1-2-6(8)4-3-5/h1-6H;1-4H,7-8H2. The van der Waals surface area contributed by atoms with Crippen LogP contribution in [0.5, 0.6) is 0 Å². The Bertz CT molecular complexity index is 1130. The normalized spacial score (nSPS) is 13.7. The molecule has 0 aromatic heterocycles. The third-order valence-corrected chi connectivity index (χ3v) is 4.56. The van der Waals surface area contributed by atoms with Crippen LogP contribution in [0.4, 0.5) is 11.4 Å². The van der Waals surface area contributed by atoms with Crippen LogP contribution in [-0.4, -0.2) is 23.9 Å².